The van der Waals surface area contributed by atoms with Gasteiger partial charge in [-0.2, -0.15) is 0 Å². The van der Waals surface area contributed by atoms with Crippen molar-refractivity contribution in [3.63, 3.8) is 0 Å². The number of fused-ring (bicyclic) bond motifs is 2. The number of amides is 2. The zero-order valence-corrected chi connectivity index (χ0v) is 24.1. The Morgan fingerprint density at radius 3 is 2.45 bits per heavy atom. The van der Waals surface area contributed by atoms with E-state index in [-0.39, 0.29) is 55.4 Å². The topological polar surface area (TPSA) is 159 Å². The molecule has 0 aromatic rings. The van der Waals surface area contributed by atoms with Crippen molar-refractivity contribution in [2.24, 2.45) is 29.6 Å². The highest BCUT2D eigenvalue weighted by Gasteiger charge is 2.69. The van der Waals surface area contributed by atoms with E-state index in [0.717, 1.165) is 19.3 Å². The molecule has 0 aromatic heterocycles. The van der Waals surface area contributed by atoms with Gasteiger partial charge in [-0.3, -0.25) is 14.4 Å². The molecule has 9 atom stereocenters. The minimum Gasteiger partial charge on any atom is -0.480 e. The highest BCUT2D eigenvalue weighted by Crippen LogP contribution is 2.60. The molecule has 40 heavy (non-hydrogen) atoms. The Labute approximate surface area is 235 Å². The molecule has 5 fully saturated rings. The van der Waals surface area contributed by atoms with E-state index in [0.29, 0.717) is 18.8 Å². The molecule has 5 rings (SSSR count). The Bertz CT molecular complexity index is 975. The molecule has 0 radical (unpaired) electrons. The molecule has 226 valence electrons. The van der Waals surface area contributed by atoms with Gasteiger partial charge in [0.05, 0.1) is 6.42 Å². The zero-order valence-electron chi connectivity index (χ0n) is 24.1. The maximum absolute atomic E-state index is 12.7. The molecule has 2 amide bonds. The van der Waals surface area contributed by atoms with E-state index in [1.807, 2.05) is 13.8 Å². The zero-order chi connectivity index (χ0) is 29.2. The Morgan fingerprint density at radius 2 is 1.75 bits per heavy atom. The quantitative estimate of drug-likeness (QED) is 0.192. The molecule has 0 aromatic carbocycles. The summed E-state index contributed by atoms with van der Waals surface area (Å²) < 4.78 is 18.2. The normalized spacial score (nSPS) is 37.1. The summed E-state index contributed by atoms with van der Waals surface area (Å²) in [7, 11) is 0. The first-order chi connectivity index (χ1) is 18.9. The van der Waals surface area contributed by atoms with Crippen LogP contribution in [-0.2, 0) is 43.2 Å². The first-order valence-corrected chi connectivity index (χ1v) is 14.5. The van der Waals surface area contributed by atoms with Crippen LogP contribution in [0.1, 0.15) is 86.0 Å². The lowest BCUT2D eigenvalue weighted by Gasteiger charge is -2.59. The molecule has 3 N–H and O–H groups in total. The fraction of sp³-hybridized carbons (Fsp3) is 0.857. The largest absolute Gasteiger partial charge is 0.480 e. The van der Waals surface area contributed by atoms with Gasteiger partial charge in [-0.1, -0.05) is 27.7 Å². The van der Waals surface area contributed by atoms with Gasteiger partial charge in [-0.25, -0.2) is 14.6 Å². The minimum absolute atomic E-state index is 0.0275. The monoisotopic (exact) mass is 568 g/mol. The molecule has 0 unspecified atom stereocenters. The summed E-state index contributed by atoms with van der Waals surface area (Å²) >= 11 is 0. The van der Waals surface area contributed by atoms with E-state index in [1.165, 1.54) is 0 Å². The van der Waals surface area contributed by atoms with Crippen molar-refractivity contribution in [2.75, 3.05) is 6.54 Å². The van der Waals surface area contributed by atoms with Crippen LogP contribution in [-0.4, -0.2) is 65.4 Å². The van der Waals surface area contributed by atoms with Gasteiger partial charge < -0.3 is 30.0 Å². The van der Waals surface area contributed by atoms with Gasteiger partial charge in [-0.15, -0.1) is 0 Å². The number of carbonyl (C=O) groups excluding carboxylic acids is 3. The van der Waals surface area contributed by atoms with Crippen LogP contribution >= 0.6 is 0 Å². The molecule has 5 aliphatic rings. The maximum atomic E-state index is 12.7. The number of carboxylic acids is 1. The molecule has 12 heteroatoms. The fourth-order valence-corrected chi connectivity index (χ4v) is 6.74. The summed E-state index contributed by atoms with van der Waals surface area (Å²) in [5.41, 5.74) is -0.740. The van der Waals surface area contributed by atoms with Crippen LogP contribution in [0.5, 0.6) is 0 Å². The number of carboxylic acid groups (broad SMARTS) is 1. The van der Waals surface area contributed by atoms with Crippen LogP contribution in [0, 0.1) is 29.6 Å². The average molecular weight is 569 g/mol. The first-order valence-electron chi connectivity index (χ1n) is 14.5. The summed E-state index contributed by atoms with van der Waals surface area (Å²) in [6.45, 7) is 9.72. The van der Waals surface area contributed by atoms with E-state index < -0.39 is 47.9 Å². The molecule has 4 aliphatic heterocycles. The predicted octanol–water partition coefficient (Wildman–Crippen LogP) is 2.64. The second kappa shape index (κ2) is 12.3. The van der Waals surface area contributed by atoms with E-state index in [9.17, 15) is 19.2 Å². The van der Waals surface area contributed by atoms with Crippen molar-refractivity contribution in [3.8, 4) is 0 Å². The summed E-state index contributed by atoms with van der Waals surface area (Å²) in [6, 6.07) is -0.953. The summed E-state index contributed by atoms with van der Waals surface area (Å²) in [4.78, 5) is 60.0. The number of aliphatic carboxylic acids is 1. The van der Waals surface area contributed by atoms with Crippen LogP contribution in [0.15, 0.2) is 0 Å². The van der Waals surface area contributed by atoms with E-state index in [1.54, 1.807) is 13.8 Å². The van der Waals surface area contributed by atoms with Crippen molar-refractivity contribution in [3.05, 3.63) is 0 Å². The third kappa shape index (κ3) is 6.29. The Kier molecular flexibility index (Phi) is 9.43. The van der Waals surface area contributed by atoms with Crippen LogP contribution in [0.3, 0.4) is 0 Å². The van der Waals surface area contributed by atoms with Gasteiger partial charge in [0, 0.05) is 37.6 Å². The maximum Gasteiger partial charge on any atom is 0.326 e. The number of ether oxygens (including phenoxy) is 3. The Hall–Kier alpha value is -2.28. The molecule has 2 bridgehead atoms. The third-order valence-electron chi connectivity index (χ3n) is 9.05. The van der Waals surface area contributed by atoms with Crippen molar-refractivity contribution >= 4 is 23.8 Å². The van der Waals surface area contributed by atoms with Gasteiger partial charge in [0.2, 0.25) is 23.9 Å². The van der Waals surface area contributed by atoms with Crippen LogP contribution < -0.4 is 10.6 Å². The first kappa shape index (κ1) is 30.7. The lowest BCUT2D eigenvalue weighted by Crippen LogP contribution is -2.70. The lowest BCUT2D eigenvalue weighted by atomic mass is 9.58. The molecule has 1 aliphatic carbocycles. The molecule has 1 saturated carbocycles. The van der Waals surface area contributed by atoms with Gasteiger partial charge in [-0.05, 0) is 50.4 Å². The van der Waals surface area contributed by atoms with Crippen molar-refractivity contribution in [2.45, 2.75) is 116 Å². The van der Waals surface area contributed by atoms with Crippen LogP contribution in [0.25, 0.3) is 0 Å². The standard InChI is InChI=1S/C28H44N2O10/c1-15(2)23(24(34)35)30-21(32)7-6-14-29-20(31)10-11-22(33)36-25-17(4)19-9-8-16(3)18-12-13-27(5)38-26(37-25)28(18,19)40-39-27/h15-19,23,25-26H,6-14H2,1-5H3,(H,29,31)(H,30,32)(H,34,35)/t16-,17+,18+,19+,23+,25-,26+,27+,28-/m1/s1. The van der Waals surface area contributed by atoms with Gasteiger partial charge >= 0.3 is 11.9 Å². The van der Waals surface area contributed by atoms with Crippen LogP contribution in [0.2, 0.25) is 0 Å². The number of hydrogen-bond donors (Lipinski definition) is 3. The number of carbonyl (C=O) groups is 4. The van der Waals surface area contributed by atoms with Crippen molar-refractivity contribution in [1.29, 1.82) is 0 Å². The van der Waals surface area contributed by atoms with E-state index in [4.69, 9.17) is 29.1 Å². The highest BCUT2D eigenvalue weighted by atomic mass is 17.3. The highest BCUT2D eigenvalue weighted by molar-refractivity contribution is 5.84. The SMILES string of the molecule is CC(C)[C@H](NC(=O)CCCNC(=O)CCC(=O)O[C@@H]1O[C@H]2O[C@]3(C)CC[C@H]4[C@H](C)CC[C@@H]([C@@H]1C)[C@@]24OO3)C(=O)O. The summed E-state index contributed by atoms with van der Waals surface area (Å²) in [5, 5.41) is 14.3. The van der Waals surface area contributed by atoms with Gasteiger partial charge in [0.15, 0.2) is 11.9 Å². The molecule has 1 spiro atoms. The molecular formula is C28H44N2O10. The predicted molar refractivity (Wildman–Crippen MR) is 139 cm³/mol. The minimum atomic E-state index is -1.08. The van der Waals surface area contributed by atoms with Crippen molar-refractivity contribution in [1.82, 2.24) is 10.6 Å². The number of esters is 1. The number of rotatable bonds is 11. The lowest BCUT2D eigenvalue weighted by molar-refractivity contribution is -0.576. The second-order valence-corrected chi connectivity index (χ2v) is 12.3. The number of nitrogens with one attached hydrogen (secondary N) is 2. The molecular weight excluding hydrogens is 524 g/mol. The van der Waals surface area contributed by atoms with E-state index in [2.05, 4.69) is 17.6 Å². The second-order valence-electron chi connectivity index (χ2n) is 12.3. The Morgan fingerprint density at radius 1 is 1.00 bits per heavy atom. The Balaban J connectivity index is 1.22. The molecule has 4 heterocycles. The summed E-state index contributed by atoms with van der Waals surface area (Å²) in [6.07, 6.45) is 2.21. The van der Waals surface area contributed by atoms with Gasteiger partial charge in [0.25, 0.3) is 0 Å². The average Bonchev–Trinajstić information content (AvgIpc) is 3.12. The third-order valence-corrected chi connectivity index (χ3v) is 9.05. The molecule has 12 nitrogen and oxygen atoms in total. The number of hydrogen-bond acceptors (Lipinski definition) is 9. The van der Waals surface area contributed by atoms with E-state index >= 15 is 0 Å². The smallest absolute Gasteiger partial charge is 0.326 e. The summed E-state index contributed by atoms with van der Waals surface area (Å²) in [5.74, 6) is -3.01. The fourth-order valence-electron chi connectivity index (χ4n) is 6.74. The van der Waals surface area contributed by atoms with Gasteiger partial charge in [0.1, 0.15) is 6.04 Å². The van der Waals surface area contributed by atoms with Crippen molar-refractivity contribution < 1.29 is 48.3 Å². The molecule has 4 saturated heterocycles. The van der Waals surface area contributed by atoms with Crippen LogP contribution in [0.4, 0.5) is 0 Å².